The lowest BCUT2D eigenvalue weighted by Crippen LogP contribution is -2.34. The first kappa shape index (κ1) is 13.5. The lowest BCUT2D eigenvalue weighted by atomic mass is 9.68. The molecule has 1 fully saturated rings. The summed E-state index contributed by atoms with van der Waals surface area (Å²) in [5.41, 5.74) is 0.381. The van der Waals surface area contributed by atoms with E-state index in [1.807, 2.05) is 0 Å². The Bertz CT molecular complexity index is 220. The van der Waals surface area contributed by atoms with Gasteiger partial charge in [-0.3, -0.25) is 4.79 Å². The normalized spacial score (nSPS) is 32.1. The van der Waals surface area contributed by atoms with Crippen LogP contribution in [0, 0.1) is 11.3 Å². The van der Waals surface area contributed by atoms with Crippen LogP contribution in [0.15, 0.2) is 0 Å². The fourth-order valence-corrected chi connectivity index (χ4v) is 2.88. The van der Waals surface area contributed by atoms with Crippen LogP contribution in [-0.2, 0) is 9.53 Å². The Morgan fingerprint density at radius 2 is 2.38 bits per heavy atom. The SMILES string of the molecule is CO[C@@H](C)C1CCCC(C)(CCNC=O)C1. The molecule has 0 radical (unpaired) electrons. The first-order valence-electron chi connectivity index (χ1n) is 6.31. The molecule has 0 aliphatic heterocycles. The van der Waals surface area contributed by atoms with Crippen molar-refractivity contribution in [2.75, 3.05) is 13.7 Å². The second-order valence-electron chi connectivity index (χ2n) is 5.43. The molecule has 0 aromatic rings. The maximum atomic E-state index is 10.2. The average Bonchev–Trinajstić information content (AvgIpc) is 2.28. The fraction of sp³-hybridized carbons (Fsp3) is 0.923. The standard InChI is InChI=1S/C13H25NO2/c1-11(16-3)12-5-4-6-13(2,9-12)7-8-14-10-15/h10-12H,4-9H2,1-3H3,(H,14,15)/t11-,12?,13?/m0/s1. The predicted molar refractivity (Wildman–Crippen MR) is 65.2 cm³/mol. The van der Waals surface area contributed by atoms with Crippen LogP contribution in [0.3, 0.4) is 0 Å². The first-order chi connectivity index (χ1) is 7.61. The molecule has 3 nitrogen and oxygen atoms in total. The minimum atomic E-state index is 0.360. The van der Waals surface area contributed by atoms with E-state index in [2.05, 4.69) is 19.2 Å². The zero-order valence-electron chi connectivity index (χ0n) is 10.8. The molecule has 2 unspecified atom stereocenters. The molecule has 1 aliphatic rings. The summed E-state index contributed by atoms with van der Waals surface area (Å²) in [5, 5.41) is 2.77. The maximum Gasteiger partial charge on any atom is 0.207 e. The molecule has 0 aromatic carbocycles. The van der Waals surface area contributed by atoms with E-state index in [0.717, 1.165) is 19.4 Å². The topological polar surface area (TPSA) is 38.3 Å². The summed E-state index contributed by atoms with van der Waals surface area (Å²) >= 11 is 0. The minimum Gasteiger partial charge on any atom is -0.381 e. The molecular formula is C13H25NO2. The van der Waals surface area contributed by atoms with Gasteiger partial charge in [-0.1, -0.05) is 13.3 Å². The van der Waals surface area contributed by atoms with Crippen molar-refractivity contribution in [1.29, 1.82) is 0 Å². The molecule has 0 saturated heterocycles. The van der Waals surface area contributed by atoms with E-state index < -0.39 is 0 Å². The van der Waals surface area contributed by atoms with Crippen LogP contribution in [0.25, 0.3) is 0 Å². The predicted octanol–water partition coefficient (Wildman–Crippen LogP) is 2.35. The van der Waals surface area contributed by atoms with E-state index in [4.69, 9.17) is 4.74 Å². The number of carbonyl (C=O) groups is 1. The van der Waals surface area contributed by atoms with Crippen molar-refractivity contribution in [2.24, 2.45) is 11.3 Å². The van der Waals surface area contributed by atoms with E-state index in [0.29, 0.717) is 17.4 Å². The summed E-state index contributed by atoms with van der Waals surface area (Å²) in [6.45, 7) is 5.31. The van der Waals surface area contributed by atoms with E-state index >= 15 is 0 Å². The molecule has 3 heteroatoms. The van der Waals surface area contributed by atoms with Crippen LogP contribution in [0.1, 0.15) is 46.0 Å². The van der Waals surface area contributed by atoms with Gasteiger partial charge in [0.05, 0.1) is 6.10 Å². The quantitative estimate of drug-likeness (QED) is 0.559. The molecule has 1 amide bonds. The molecule has 16 heavy (non-hydrogen) atoms. The van der Waals surface area contributed by atoms with E-state index in [9.17, 15) is 4.79 Å². The third kappa shape index (κ3) is 3.78. The third-order valence-electron chi connectivity index (χ3n) is 4.10. The molecule has 1 saturated carbocycles. The van der Waals surface area contributed by atoms with Crippen molar-refractivity contribution >= 4 is 6.41 Å². The second kappa shape index (κ2) is 6.24. The van der Waals surface area contributed by atoms with Gasteiger partial charge in [0.15, 0.2) is 0 Å². The van der Waals surface area contributed by atoms with Gasteiger partial charge < -0.3 is 10.1 Å². The summed E-state index contributed by atoms with van der Waals surface area (Å²) in [6, 6.07) is 0. The van der Waals surface area contributed by atoms with Gasteiger partial charge >= 0.3 is 0 Å². The van der Waals surface area contributed by atoms with Crippen LogP contribution in [-0.4, -0.2) is 26.2 Å². The minimum absolute atomic E-state index is 0.360. The molecule has 0 heterocycles. The van der Waals surface area contributed by atoms with Gasteiger partial charge in [0.25, 0.3) is 0 Å². The van der Waals surface area contributed by atoms with Gasteiger partial charge in [0.2, 0.25) is 6.41 Å². The van der Waals surface area contributed by atoms with Gasteiger partial charge in [0, 0.05) is 13.7 Å². The molecule has 0 spiro atoms. The zero-order chi connectivity index (χ0) is 12.0. The van der Waals surface area contributed by atoms with Gasteiger partial charge in [-0.25, -0.2) is 0 Å². The molecule has 1 aliphatic carbocycles. The number of carbonyl (C=O) groups excluding carboxylic acids is 1. The highest BCUT2D eigenvalue weighted by molar-refractivity contribution is 5.45. The van der Waals surface area contributed by atoms with E-state index in [-0.39, 0.29) is 0 Å². The average molecular weight is 227 g/mol. The number of nitrogens with one attached hydrogen (secondary N) is 1. The Morgan fingerprint density at radius 3 is 3.00 bits per heavy atom. The van der Waals surface area contributed by atoms with Gasteiger partial charge in [0.1, 0.15) is 0 Å². The van der Waals surface area contributed by atoms with Crippen molar-refractivity contribution in [3.8, 4) is 0 Å². The Labute approximate surface area is 98.9 Å². The Hall–Kier alpha value is -0.570. The lowest BCUT2D eigenvalue weighted by Gasteiger charge is -2.40. The molecule has 1 rings (SSSR count). The zero-order valence-corrected chi connectivity index (χ0v) is 10.8. The number of hydrogen-bond donors (Lipinski definition) is 1. The second-order valence-corrected chi connectivity index (χ2v) is 5.43. The van der Waals surface area contributed by atoms with Crippen LogP contribution >= 0.6 is 0 Å². The highest BCUT2D eigenvalue weighted by Gasteiger charge is 2.33. The monoisotopic (exact) mass is 227 g/mol. The summed E-state index contributed by atoms with van der Waals surface area (Å²) in [6.07, 6.45) is 7.31. The van der Waals surface area contributed by atoms with Gasteiger partial charge in [-0.15, -0.1) is 0 Å². The van der Waals surface area contributed by atoms with Crippen LogP contribution in [0.4, 0.5) is 0 Å². The van der Waals surface area contributed by atoms with E-state index in [1.165, 1.54) is 25.7 Å². The van der Waals surface area contributed by atoms with Crippen molar-refractivity contribution in [1.82, 2.24) is 5.32 Å². The van der Waals surface area contributed by atoms with Crippen molar-refractivity contribution < 1.29 is 9.53 Å². The smallest absolute Gasteiger partial charge is 0.207 e. The van der Waals surface area contributed by atoms with Crippen molar-refractivity contribution in [3.63, 3.8) is 0 Å². The largest absolute Gasteiger partial charge is 0.381 e. The number of ether oxygens (including phenoxy) is 1. The first-order valence-corrected chi connectivity index (χ1v) is 6.31. The molecule has 94 valence electrons. The van der Waals surface area contributed by atoms with Crippen LogP contribution < -0.4 is 5.32 Å². The van der Waals surface area contributed by atoms with Crippen LogP contribution in [0.5, 0.6) is 0 Å². The van der Waals surface area contributed by atoms with Gasteiger partial charge in [-0.2, -0.15) is 0 Å². The Morgan fingerprint density at radius 1 is 1.62 bits per heavy atom. The summed E-state index contributed by atoms with van der Waals surface area (Å²) in [4.78, 5) is 10.2. The number of rotatable bonds is 6. The van der Waals surface area contributed by atoms with E-state index in [1.54, 1.807) is 7.11 Å². The fourth-order valence-electron chi connectivity index (χ4n) is 2.88. The summed E-state index contributed by atoms with van der Waals surface area (Å²) in [7, 11) is 1.80. The Kier molecular flexibility index (Phi) is 5.26. The Balaban J connectivity index is 2.43. The highest BCUT2D eigenvalue weighted by atomic mass is 16.5. The molecule has 3 atom stereocenters. The number of amides is 1. The maximum absolute atomic E-state index is 10.2. The summed E-state index contributed by atoms with van der Waals surface area (Å²) in [5.74, 6) is 0.681. The molecule has 0 bridgehead atoms. The highest BCUT2D eigenvalue weighted by Crippen LogP contribution is 2.42. The summed E-state index contributed by atoms with van der Waals surface area (Å²) < 4.78 is 5.44. The molecular weight excluding hydrogens is 202 g/mol. The number of methoxy groups -OCH3 is 1. The van der Waals surface area contributed by atoms with Crippen LogP contribution in [0.2, 0.25) is 0 Å². The van der Waals surface area contributed by atoms with Crippen molar-refractivity contribution in [2.45, 2.75) is 52.1 Å². The molecule has 1 N–H and O–H groups in total. The van der Waals surface area contributed by atoms with Gasteiger partial charge in [-0.05, 0) is 43.9 Å². The number of hydrogen-bond acceptors (Lipinski definition) is 2. The molecule has 0 aromatic heterocycles. The lowest BCUT2D eigenvalue weighted by molar-refractivity contribution is -0.109. The third-order valence-corrected chi connectivity index (χ3v) is 4.10. The van der Waals surface area contributed by atoms with Crippen molar-refractivity contribution in [3.05, 3.63) is 0 Å².